The van der Waals surface area contributed by atoms with Gasteiger partial charge in [0.2, 0.25) is 5.91 Å². The van der Waals surface area contributed by atoms with E-state index in [2.05, 4.69) is 12.2 Å². The summed E-state index contributed by atoms with van der Waals surface area (Å²) in [6.45, 7) is 2.54. The number of amides is 1. The van der Waals surface area contributed by atoms with E-state index in [0.29, 0.717) is 24.1 Å². The average Bonchev–Trinajstić information content (AvgIpc) is 2.89. The average molecular weight is 289 g/mol. The monoisotopic (exact) mass is 289 g/mol. The molecule has 2 aliphatic carbocycles. The van der Waals surface area contributed by atoms with Gasteiger partial charge in [-0.05, 0) is 43.4 Å². The molecule has 4 heteroatoms. The van der Waals surface area contributed by atoms with Gasteiger partial charge in [-0.2, -0.15) is 0 Å². The molecule has 2 unspecified atom stereocenters. The van der Waals surface area contributed by atoms with Crippen molar-refractivity contribution in [2.45, 2.75) is 50.5 Å². The molecule has 0 bridgehead atoms. The maximum absolute atomic E-state index is 11.8. The first-order chi connectivity index (χ1) is 10.1. The van der Waals surface area contributed by atoms with E-state index < -0.39 is 5.60 Å². The molecule has 0 radical (unpaired) electrons. The lowest BCUT2D eigenvalue weighted by Crippen LogP contribution is -2.40. The van der Waals surface area contributed by atoms with Crippen molar-refractivity contribution in [1.82, 2.24) is 5.32 Å². The van der Waals surface area contributed by atoms with Crippen molar-refractivity contribution in [2.24, 2.45) is 5.92 Å². The first-order valence-electron chi connectivity index (χ1n) is 7.84. The highest BCUT2D eigenvalue weighted by molar-refractivity contribution is 5.91. The maximum atomic E-state index is 11.8. The Hall–Kier alpha value is -1.55. The molecular formula is C17H23NO3. The summed E-state index contributed by atoms with van der Waals surface area (Å²) in [6.07, 6.45) is 7.97. The van der Waals surface area contributed by atoms with Crippen LogP contribution in [-0.4, -0.2) is 23.2 Å². The van der Waals surface area contributed by atoms with Crippen molar-refractivity contribution in [3.05, 3.63) is 29.7 Å². The highest BCUT2D eigenvalue weighted by Gasteiger charge is 2.36. The molecule has 114 valence electrons. The summed E-state index contributed by atoms with van der Waals surface area (Å²) < 4.78 is 5.71. The van der Waals surface area contributed by atoms with E-state index in [0.717, 1.165) is 31.4 Å². The molecule has 0 aliphatic heterocycles. The number of carbonyl (C=O) groups excluding carboxylic acids is 1. The predicted molar refractivity (Wildman–Crippen MR) is 80.7 cm³/mol. The normalized spacial score (nSPS) is 27.1. The van der Waals surface area contributed by atoms with E-state index >= 15 is 0 Å². The number of rotatable bonds is 5. The Morgan fingerprint density at radius 2 is 2.19 bits per heavy atom. The van der Waals surface area contributed by atoms with E-state index in [1.54, 1.807) is 6.08 Å². The van der Waals surface area contributed by atoms with Crippen LogP contribution in [0, 0.1) is 5.92 Å². The summed E-state index contributed by atoms with van der Waals surface area (Å²) in [7, 11) is 0. The summed E-state index contributed by atoms with van der Waals surface area (Å²) in [5, 5.41) is 12.9. The smallest absolute Gasteiger partial charge is 0.244 e. The first kappa shape index (κ1) is 14.4. The molecule has 2 saturated carbocycles. The lowest BCUT2D eigenvalue weighted by Gasteiger charge is -2.21. The molecule has 2 aliphatic rings. The Morgan fingerprint density at radius 3 is 2.86 bits per heavy atom. The van der Waals surface area contributed by atoms with Gasteiger partial charge in [0, 0.05) is 18.5 Å². The van der Waals surface area contributed by atoms with E-state index in [4.69, 9.17) is 4.42 Å². The Bertz CT molecular complexity index is 540. The van der Waals surface area contributed by atoms with Crippen molar-refractivity contribution >= 4 is 12.0 Å². The van der Waals surface area contributed by atoms with Gasteiger partial charge in [0.05, 0.1) is 5.60 Å². The second-order valence-electron chi connectivity index (χ2n) is 6.54. The Balaban J connectivity index is 1.48. The molecule has 0 spiro atoms. The highest BCUT2D eigenvalue weighted by Crippen LogP contribution is 2.47. The number of hydrogen-bond donors (Lipinski definition) is 2. The number of carbonyl (C=O) groups is 1. The van der Waals surface area contributed by atoms with Gasteiger partial charge in [0.25, 0.3) is 0 Å². The Labute approximate surface area is 125 Å². The van der Waals surface area contributed by atoms with Gasteiger partial charge in [0.1, 0.15) is 11.5 Å². The van der Waals surface area contributed by atoms with Crippen molar-refractivity contribution < 1.29 is 14.3 Å². The maximum Gasteiger partial charge on any atom is 0.244 e. The van der Waals surface area contributed by atoms with Gasteiger partial charge < -0.3 is 14.8 Å². The quantitative estimate of drug-likeness (QED) is 0.819. The van der Waals surface area contributed by atoms with Gasteiger partial charge in [-0.1, -0.05) is 19.8 Å². The number of hydrogen-bond acceptors (Lipinski definition) is 3. The molecule has 0 aromatic carbocycles. The van der Waals surface area contributed by atoms with E-state index in [-0.39, 0.29) is 5.91 Å². The van der Waals surface area contributed by atoms with Crippen LogP contribution in [0.15, 0.2) is 22.6 Å². The van der Waals surface area contributed by atoms with Gasteiger partial charge in [-0.3, -0.25) is 4.79 Å². The molecule has 0 saturated heterocycles. The van der Waals surface area contributed by atoms with Crippen LogP contribution in [0.2, 0.25) is 0 Å². The van der Waals surface area contributed by atoms with Crippen LogP contribution in [0.1, 0.15) is 56.5 Å². The van der Waals surface area contributed by atoms with Gasteiger partial charge in [-0.15, -0.1) is 0 Å². The minimum absolute atomic E-state index is 0.187. The third kappa shape index (κ3) is 3.56. The van der Waals surface area contributed by atoms with Crippen LogP contribution in [0.4, 0.5) is 0 Å². The zero-order chi connectivity index (χ0) is 14.9. The molecule has 2 atom stereocenters. The van der Waals surface area contributed by atoms with Crippen molar-refractivity contribution in [1.29, 1.82) is 0 Å². The third-order valence-corrected chi connectivity index (χ3v) is 4.65. The molecule has 1 amide bonds. The second kappa shape index (κ2) is 5.68. The molecule has 1 aromatic heterocycles. The van der Waals surface area contributed by atoms with Crippen LogP contribution in [0.5, 0.6) is 0 Å². The Kier molecular flexibility index (Phi) is 3.89. The fourth-order valence-electron chi connectivity index (χ4n) is 3.05. The number of aliphatic hydroxyl groups is 1. The Morgan fingerprint density at radius 1 is 1.48 bits per heavy atom. The zero-order valence-electron chi connectivity index (χ0n) is 12.5. The molecule has 2 N–H and O–H groups in total. The fourth-order valence-corrected chi connectivity index (χ4v) is 3.05. The largest absolute Gasteiger partial charge is 0.461 e. The van der Waals surface area contributed by atoms with Crippen LogP contribution >= 0.6 is 0 Å². The van der Waals surface area contributed by atoms with Crippen molar-refractivity contribution in [3.63, 3.8) is 0 Å². The van der Waals surface area contributed by atoms with Gasteiger partial charge in [-0.25, -0.2) is 0 Å². The van der Waals surface area contributed by atoms with Gasteiger partial charge >= 0.3 is 0 Å². The van der Waals surface area contributed by atoms with Crippen molar-refractivity contribution in [2.75, 3.05) is 6.54 Å². The highest BCUT2D eigenvalue weighted by atomic mass is 16.3. The minimum atomic E-state index is -0.705. The molecule has 4 nitrogen and oxygen atoms in total. The topological polar surface area (TPSA) is 62.5 Å². The summed E-state index contributed by atoms with van der Waals surface area (Å²) in [5.41, 5.74) is -0.705. The lowest BCUT2D eigenvalue weighted by molar-refractivity contribution is -0.117. The zero-order valence-corrected chi connectivity index (χ0v) is 12.5. The number of nitrogens with one attached hydrogen (secondary N) is 1. The molecule has 2 fully saturated rings. The van der Waals surface area contributed by atoms with E-state index in [9.17, 15) is 9.90 Å². The fraction of sp³-hybridized carbons (Fsp3) is 0.588. The van der Waals surface area contributed by atoms with E-state index in [1.165, 1.54) is 12.5 Å². The van der Waals surface area contributed by atoms with E-state index in [1.807, 2.05) is 12.1 Å². The molecular weight excluding hydrogens is 266 g/mol. The number of furan rings is 1. The standard InChI is InChI=1S/C17H23NO3/c1-12-10-14(12)15-6-4-13(21-15)5-7-16(19)18-11-17(20)8-2-3-9-17/h4-7,12,14,20H,2-3,8-11H2,1H3,(H,18,19)/b7-5+. The lowest BCUT2D eigenvalue weighted by atomic mass is 10.0. The summed E-state index contributed by atoms with van der Waals surface area (Å²) in [5.74, 6) is 2.80. The predicted octanol–water partition coefficient (Wildman–Crippen LogP) is 2.84. The van der Waals surface area contributed by atoms with Crippen LogP contribution in [0.3, 0.4) is 0 Å². The minimum Gasteiger partial charge on any atom is -0.461 e. The summed E-state index contributed by atoms with van der Waals surface area (Å²) in [4.78, 5) is 11.8. The first-order valence-corrected chi connectivity index (χ1v) is 7.84. The van der Waals surface area contributed by atoms with Crippen LogP contribution in [0.25, 0.3) is 6.08 Å². The third-order valence-electron chi connectivity index (χ3n) is 4.65. The van der Waals surface area contributed by atoms with Crippen molar-refractivity contribution in [3.8, 4) is 0 Å². The second-order valence-corrected chi connectivity index (χ2v) is 6.54. The SMILES string of the molecule is CC1CC1c1ccc(/C=C/C(=O)NCC2(O)CCCC2)o1. The summed E-state index contributed by atoms with van der Waals surface area (Å²) in [6, 6.07) is 3.89. The summed E-state index contributed by atoms with van der Waals surface area (Å²) >= 11 is 0. The molecule has 1 aromatic rings. The molecule has 21 heavy (non-hydrogen) atoms. The molecule has 1 heterocycles. The molecule has 3 rings (SSSR count). The van der Waals surface area contributed by atoms with Gasteiger partial charge in [0.15, 0.2) is 0 Å². The van der Waals surface area contributed by atoms with Crippen LogP contribution < -0.4 is 5.32 Å². The van der Waals surface area contributed by atoms with Crippen LogP contribution in [-0.2, 0) is 4.79 Å².